The molecule has 1 aromatic carbocycles. The molecule has 0 bridgehead atoms. The molecule has 0 unspecified atom stereocenters. The summed E-state index contributed by atoms with van der Waals surface area (Å²) in [7, 11) is 0. The fourth-order valence-corrected chi connectivity index (χ4v) is 2.32. The van der Waals surface area contributed by atoms with Gasteiger partial charge < -0.3 is 9.15 Å². The van der Waals surface area contributed by atoms with Gasteiger partial charge in [0.15, 0.2) is 0 Å². The highest BCUT2D eigenvalue weighted by atomic mass is 16.5. The number of ether oxygens (including phenoxy) is 1. The molecule has 0 N–H and O–H groups in total. The molecule has 2 aromatic rings. The zero-order chi connectivity index (χ0) is 11.7. The van der Waals surface area contributed by atoms with E-state index in [-0.39, 0.29) is 0 Å². The third-order valence-electron chi connectivity index (χ3n) is 3.31. The Morgan fingerprint density at radius 2 is 2.06 bits per heavy atom. The molecule has 3 nitrogen and oxygen atoms in total. The average molecular weight is 231 g/mol. The summed E-state index contributed by atoms with van der Waals surface area (Å²) in [5.74, 6) is 1.05. The van der Waals surface area contributed by atoms with Crippen LogP contribution in [0.15, 0.2) is 28.7 Å². The van der Waals surface area contributed by atoms with E-state index in [0.717, 1.165) is 44.2 Å². The third kappa shape index (κ3) is 2.21. The maximum absolute atomic E-state index is 5.87. The normalized spacial score (nSPS) is 17.7. The molecule has 0 spiro atoms. The first-order valence-corrected chi connectivity index (χ1v) is 6.11. The number of hydrogen-bond donors (Lipinski definition) is 0. The Labute approximate surface area is 101 Å². The SMILES string of the molecule is Cc1cccc2oc(CN3CCOCC3)cc12. The number of morpholine rings is 1. The number of aryl methyl sites for hydroxylation is 1. The predicted octanol–water partition coefficient (Wildman–Crippen LogP) is 2.57. The molecule has 3 rings (SSSR count). The fraction of sp³-hybridized carbons (Fsp3) is 0.429. The van der Waals surface area contributed by atoms with Gasteiger partial charge in [0.05, 0.1) is 19.8 Å². The fourth-order valence-electron chi connectivity index (χ4n) is 2.32. The largest absolute Gasteiger partial charge is 0.460 e. The maximum atomic E-state index is 5.87. The van der Waals surface area contributed by atoms with Crippen LogP contribution in [0.3, 0.4) is 0 Å². The van der Waals surface area contributed by atoms with Crippen LogP contribution >= 0.6 is 0 Å². The van der Waals surface area contributed by atoms with Crippen molar-refractivity contribution in [1.82, 2.24) is 4.90 Å². The third-order valence-corrected chi connectivity index (χ3v) is 3.31. The quantitative estimate of drug-likeness (QED) is 0.794. The number of furan rings is 1. The minimum absolute atomic E-state index is 0.833. The Morgan fingerprint density at radius 3 is 2.82 bits per heavy atom. The van der Waals surface area contributed by atoms with Crippen LogP contribution in [0.25, 0.3) is 11.0 Å². The van der Waals surface area contributed by atoms with Crippen molar-refractivity contribution in [3.63, 3.8) is 0 Å². The van der Waals surface area contributed by atoms with E-state index in [0.29, 0.717) is 0 Å². The summed E-state index contributed by atoms with van der Waals surface area (Å²) in [5.41, 5.74) is 2.27. The van der Waals surface area contributed by atoms with Gasteiger partial charge in [0.1, 0.15) is 11.3 Å². The van der Waals surface area contributed by atoms with Crippen molar-refractivity contribution in [3.05, 3.63) is 35.6 Å². The standard InChI is InChI=1S/C14H17NO2/c1-11-3-2-4-14-13(11)9-12(17-14)10-15-5-7-16-8-6-15/h2-4,9H,5-8,10H2,1H3. The second kappa shape index (κ2) is 4.51. The molecule has 1 fully saturated rings. The smallest absolute Gasteiger partial charge is 0.134 e. The second-order valence-electron chi connectivity index (χ2n) is 4.59. The van der Waals surface area contributed by atoms with Crippen molar-refractivity contribution in [1.29, 1.82) is 0 Å². The topological polar surface area (TPSA) is 25.6 Å². The van der Waals surface area contributed by atoms with Gasteiger partial charge in [0.25, 0.3) is 0 Å². The van der Waals surface area contributed by atoms with E-state index in [1.807, 2.05) is 12.1 Å². The lowest BCUT2D eigenvalue weighted by Crippen LogP contribution is -2.35. The van der Waals surface area contributed by atoms with Gasteiger partial charge in [-0.15, -0.1) is 0 Å². The molecular weight excluding hydrogens is 214 g/mol. The van der Waals surface area contributed by atoms with Gasteiger partial charge in [-0.2, -0.15) is 0 Å². The Balaban J connectivity index is 1.83. The Hall–Kier alpha value is -1.32. The number of rotatable bonds is 2. The molecule has 90 valence electrons. The molecular formula is C14H17NO2. The lowest BCUT2D eigenvalue weighted by Gasteiger charge is -2.25. The first kappa shape index (κ1) is 10.8. The zero-order valence-electron chi connectivity index (χ0n) is 10.1. The Kier molecular flexibility index (Phi) is 2.87. The van der Waals surface area contributed by atoms with Gasteiger partial charge in [-0.05, 0) is 24.6 Å². The molecule has 2 heterocycles. The van der Waals surface area contributed by atoms with E-state index in [1.54, 1.807) is 0 Å². The van der Waals surface area contributed by atoms with E-state index in [2.05, 4.69) is 24.0 Å². The van der Waals surface area contributed by atoms with Crippen molar-refractivity contribution < 1.29 is 9.15 Å². The Morgan fingerprint density at radius 1 is 1.24 bits per heavy atom. The lowest BCUT2D eigenvalue weighted by atomic mass is 10.1. The van der Waals surface area contributed by atoms with Crippen LogP contribution in [0, 0.1) is 6.92 Å². The Bertz CT molecular complexity index is 512. The molecule has 17 heavy (non-hydrogen) atoms. The summed E-state index contributed by atoms with van der Waals surface area (Å²) in [5, 5.41) is 1.23. The monoisotopic (exact) mass is 231 g/mol. The molecule has 1 aliphatic heterocycles. The first-order valence-electron chi connectivity index (χ1n) is 6.11. The molecule has 1 saturated heterocycles. The molecule has 0 radical (unpaired) electrons. The van der Waals surface area contributed by atoms with E-state index in [1.165, 1.54) is 10.9 Å². The van der Waals surface area contributed by atoms with Crippen molar-refractivity contribution in [3.8, 4) is 0 Å². The van der Waals surface area contributed by atoms with E-state index in [4.69, 9.17) is 9.15 Å². The van der Waals surface area contributed by atoms with Crippen LogP contribution in [0.2, 0.25) is 0 Å². The van der Waals surface area contributed by atoms with Crippen molar-refractivity contribution >= 4 is 11.0 Å². The summed E-state index contributed by atoms with van der Waals surface area (Å²) < 4.78 is 11.2. The van der Waals surface area contributed by atoms with Gasteiger partial charge in [-0.25, -0.2) is 0 Å². The van der Waals surface area contributed by atoms with Crippen LogP contribution < -0.4 is 0 Å². The average Bonchev–Trinajstić information content (AvgIpc) is 2.74. The van der Waals surface area contributed by atoms with Crippen LogP contribution in [-0.4, -0.2) is 31.2 Å². The highest BCUT2D eigenvalue weighted by Gasteiger charge is 2.13. The van der Waals surface area contributed by atoms with Crippen LogP contribution in [-0.2, 0) is 11.3 Å². The number of fused-ring (bicyclic) bond motifs is 1. The summed E-state index contributed by atoms with van der Waals surface area (Å²) in [6.07, 6.45) is 0. The second-order valence-corrected chi connectivity index (χ2v) is 4.59. The molecule has 0 saturated carbocycles. The zero-order valence-corrected chi connectivity index (χ0v) is 10.1. The molecule has 3 heteroatoms. The van der Waals surface area contributed by atoms with Gasteiger partial charge >= 0.3 is 0 Å². The number of nitrogens with zero attached hydrogens (tertiary/aromatic N) is 1. The molecule has 1 aromatic heterocycles. The van der Waals surface area contributed by atoms with Crippen molar-refractivity contribution in [2.24, 2.45) is 0 Å². The molecule has 0 aliphatic carbocycles. The number of hydrogen-bond acceptors (Lipinski definition) is 3. The van der Waals surface area contributed by atoms with Crippen LogP contribution in [0.4, 0.5) is 0 Å². The minimum atomic E-state index is 0.833. The highest BCUT2D eigenvalue weighted by molar-refractivity contribution is 5.81. The van der Waals surface area contributed by atoms with E-state index < -0.39 is 0 Å². The maximum Gasteiger partial charge on any atom is 0.134 e. The van der Waals surface area contributed by atoms with Gasteiger partial charge in [0.2, 0.25) is 0 Å². The van der Waals surface area contributed by atoms with Gasteiger partial charge in [-0.3, -0.25) is 4.90 Å². The first-order chi connectivity index (χ1) is 8.33. The molecule has 1 aliphatic rings. The van der Waals surface area contributed by atoms with Crippen LogP contribution in [0.5, 0.6) is 0 Å². The molecule has 0 atom stereocenters. The summed E-state index contributed by atoms with van der Waals surface area (Å²) in [6.45, 7) is 6.67. The van der Waals surface area contributed by atoms with Gasteiger partial charge in [-0.1, -0.05) is 12.1 Å². The van der Waals surface area contributed by atoms with Crippen LogP contribution in [0.1, 0.15) is 11.3 Å². The van der Waals surface area contributed by atoms with E-state index in [9.17, 15) is 0 Å². The number of benzene rings is 1. The van der Waals surface area contributed by atoms with E-state index >= 15 is 0 Å². The van der Waals surface area contributed by atoms with Crippen molar-refractivity contribution in [2.75, 3.05) is 26.3 Å². The summed E-state index contributed by atoms with van der Waals surface area (Å²) >= 11 is 0. The lowest BCUT2D eigenvalue weighted by molar-refractivity contribution is 0.0315. The summed E-state index contributed by atoms with van der Waals surface area (Å²) in [6, 6.07) is 8.36. The minimum Gasteiger partial charge on any atom is -0.460 e. The van der Waals surface area contributed by atoms with Crippen molar-refractivity contribution in [2.45, 2.75) is 13.5 Å². The highest BCUT2D eigenvalue weighted by Crippen LogP contribution is 2.23. The molecule has 0 amide bonds. The van der Waals surface area contributed by atoms with Gasteiger partial charge in [0, 0.05) is 18.5 Å². The predicted molar refractivity (Wildman–Crippen MR) is 67.0 cm³/mol. The summed E-state index contributed by atoms with van der Waals surface area (Å²) in [4.78, 5) is 2.37.